The van der Waals surface area contributed by atoms with Crippen molar-refractivity contribution in [3.05, 3.63) is 47.5 Å². The number of pyridine rings is 1. The van der Waals surface area contributed by atoms with Gasteiger partial charge in [0.1, 0.15) is 5.82 Å². The van der Waals surface area contributed by atoms with Crippen molar-refractivity contribution in [1.82, 2.24) is 4.98 Å². The van der Waals surface area contributed by atoms with E-state index < -0.39 is 5.82 Å². The molecule has 2 rings (SSSR count). The van der Waals surface area contributed by atoms with Gasteiger partial charge in [0.2, 0.25) is 0 Å². The highest BCUT2D eigenvalue weighted by Gasteiger charge is 2.03. The second-order valence-electron chi connectivity index (χ2n) is 3.74. The highest BCUT2D eigenvalue weighted by atomic mass is 35.5. The molecular weight excluding hydrogens is 253 g/mol. The molecule has 5 heteroatoms. The molecule has 0 aliphatic carbocycles. The molecule has 1 aromatic carbocycles. The van der Waals surface area contributed by atoms with E-state index in [1.165, 1.54) is 6.07 Å². The molecule has 0 radical (unpaired) electrons. The summed E-state index contributed by atoms with van der Waals surface area (Å²) in [6, 6.07) is 6.36. The summed E-state index contributed by atoms with van der Waals surface area (Å²) >= 11 is 5.70. The van der Waals surface area contributed by atoms with Crippen LogP contribution >= 0.6 is 11.6 Å². The Bertz CT molecular complexity index is 546. The minimum Gasteiger partial charge on any atom is -0.384 e. The van der Waals surface area contributed by atoms with Gasteiger partial charge >= 0.3 is 0 Å². The minimum atomic E-state index is -0.392. The van der Waals surface area contributed by atoms with Gasteiger partial charge in [-0.05, 0) is 31.2 Å². The lowest BCUT2D eigenvalue weighted by Crippen LogP contribution is -1.99. The van der Waals surface area contributed by atoms with E-state index in [1.807, 2.05) is 13.0 Å². The topological polar surface area (TPSA) is 37.0 Å². The number of aromatic nitrogens is 1. The summed E-state index contributed by atoms with van der Waals surface area (Å²) in [5, 5.41) is 6.47. The van der Waals surface area contributed by atoms with Gasteiger partial charge in [0.25, 0.3) is 0 Å². The largest absolute Gasteiger partial charge is 0.384 e. The fourth-order valence-electron chi connectivity index (χ4n) is 1.56. The number of nitrogens with one attached hydrogen (secondary N) is 2. The van der Waals surface area contributed by atoms with Gasteiger partial charge in [-0.25, -0.2) is 4.39 Å². The van der Waals surface area contributed by atoms with Crippen molar-refractivity contribution in [2.24, 2.45) is 0 Å². The Kier molecular flexibility index (Phi) is 3.99. The molecule has 1 heterocycles. The number of benzene rings is 1. The Morgan fingerprint density at radius 1 is 1.22 bits per heavy atom. The van der Waals surface area contributed by atoms with Gasteiger partial charge in [0.15, 0.2) is 0 Å². The van der Waals surface area contributed by atoms with Crippen LogP contribution in [0.3, 0.4) is 0 Å². The molecule has 2 aromatic rings. The zero-order valence-corrected chi connectivity index (χ0v) is 10.6. The van der Waals surface area contributed by atoms with Crippen LogP contribution in [0.15, 0.2) is 36.7 Å². The van der Waals surface area contributed by atoms with Crippen molar-refractivity contribution < 1.29 is 4.39 Å². The van der Waals surface area contributed by atoms with Crippen LogP contribution in [0, 0.1) is 5.82 Å². The van der Waals surface area contributed by atoms with Crippen molar-refractivity contribution in [3.8, 4) is 0 Å². The summed E-state index contributed by atoms with van der Waals surface area (Å²) in [6.45, 7) is 2.80. The third kappa shape index (κ3) is 3.11. The van der Waals surface area contributed by atoms with Gasteiger partial charge in [-0.2, -0.15) is 0 Å². The van der Waals surface area contributed by atoms with Crippen LogP contribution in [0.4, 0.5) is 21.5 Å². The van der Waals surface area contributed by atoms with Crippen LogP contribution in [0.25, 0.3) is 0 Å². The predicted molar refractivity (Wildman–Crippen MR) is 73.1 cm³/mol. The first kappa shape index (κ1) is 12.6. The Hall–Kier alpha value is -1.81. The molecular formula is C13H13ClFN3. The van der Waals surface area contributed by atoms with Crippen molar-refractivity contribution in [1.29, 1.82) is 0 Å². The second kappa shape index (κ2) is 5.69. The Morgan fingerprint density at radius 2 is 2.00 bits per heavy atom. The molecule has 0 bridgehead atoms. The lowest BCUT2D eigenvalue weighted by Gasteiger charge is -2.09. The van der Waals surface area contributed by atoms with E-state index in [0.717, 1.165) is 17.9 Å². The average Bonchev–Trinajstić information content (AvgIpc) is 2.34. The van der Waals surface area contributed by atoms with Gasteiger partial charge in [0, 0.05) is 11.6 Å². The van der Waals surface area contributed by atoms with Gasteiger partial charge in [-0.1, -0.05) is 11.6 Å². The smallest absolute Gasteiger partial charge is 0.148 e. The first-order valence-corrected chi connectivity index (χ1v) is 5.98. The normalized spacial score (nSPS) is 10.2. The lowest BCUT2D eigenvalue weighted by atomic mass is 10.3. The fraction of sp³-hybridized carbons (Fsp3) is 0.154. The average molecular weight is 266 g/mol. The van der Waals surface area contributed by atoms with Crippen LogP contribution in [0.1, 0.15) is 6.92 Å². The zero-order chi connectivity index (χ0) is 13.0. The molecule has 0 saturated carbocycles. The maximum atomic E-state index is 13.6. The van der Waals surface area contributed by atoms with Crippen LogP contribution < -0.4 is 10.6 Å². The number of anilines is 3. The zero-order valence-electron chi connectivity index (χ0n) is 9.87. The van der Waals surface area contributed by atoms with Crippen LogP contribution in [0.2, 0.25) is 5.02 Å². The predicted octanol–water partition coefficient (Wildman–Crippen LogP) is 4.05. The first-order valence-electron chi connectivity index (χ1n) is 5.60. The summed E-state index contributed by atoms with van der Waals surface area (Å²) in [6.07, 6.45) is 3.35. The van der Waals surface area contributed by atoms with E-state index in [2.05, 4.69) is 15.6 Å². The second-order valence-corrected chi connectivity index (χ2v) is 4.18. The summed E-state index contributed by atoms with van der Waals surface area (Å²) in [7, 11) is 0. The van der Waals surface area contributed by atoms with E-state index in [4.69, 9.17) is 11.6 Å². The van der Waals surface area contributed by atoms with E-state index in [-0.39, 0.29) is 0 Å². The van der Waals surface area contributed by atoms with Crippen LogP contribution in [-0.2, 0) is 0 Å². The molecule has 0 aliphatic heterocycles. The molecule has 1 aromatic heterocycles. The summed E-state index contributed by atoms with van der Waals surface area (Å²) in [4.78, 5) is 4.07. The lowest BCUT2D eigenvalue weighted by molar-refractivity contribution is 0.632. The number of halogens is 2. The summed E-state index contributed by atoms with van der Waals surface area (Å²) in [5.74, 6) is -0.392. The van der Waals surface area contributed by atoms with E-state index in [9.17, 15) is 4.39 Å². The quantitative estimate of drug-likeness (QED) is 0.876. The highest BCUT2D eigenvalue weighted by Crippen LogP contribution is 2.23. The van der Waals surface area contributed by atoms with Gasteiger partial charge in [0.05, 0.1) is 29.5 Å². The maximum Gasteiger partial charge on any atom is 0.148 e. The molecule has 18 heavy (non-hydrogen) atoms. The number of hydrogen-bond acceptors (Lipinski definition) is 3. The maximum absolute atomic E-state index is 13.6. The van der Waals surface area contributed by atoms with E-state index in [0.29, 0.717) is 10.7 Å². The van der Waals surface area contributed by atoms with Gasteiger partial charge in [-0.3, -0.25) is 4.98 Å². The fourth-order valence-corrected chi connectivity index (χ4v) is 1.71. The van der Waals surface area contributed by atoms with Gasteiger partial charge < -0.3 is 10.6 Å². The van der Waals surface area contributed by atoms with Crippen molar-refractivity contribution in [2.45, 2.75) is 6.92 Å². The van der Waals surface area contributed by atoms with Crippen LogP contribution in [0.5, 0.6) is 0 Å². The molecule has 0 amide bonds. The Morgan fingerprint density at radius 3 is 2.72 bits per heavy atom. The Labute approximate surface area is 110 Å². The molecule has 94 valence electrons. The molecule has 0 atom stereocenters. The van der Waals surface area contributed by atoms with Crippen LogP contribution in [-0.4, -0.2) is 11.5 Å². The molecule has 3 nitrogen and oxygen atoms in total. The monoisotopic (exact) mass is 265 g/mol. The third-order valence-electron chi connectivity index (χ3n) is 2.33. The molecule has 2 N–H and O–H groups in total. The molecule has 0 unspecified atom stereocenters. The molecule has 0 saturated heterocycles. The number of nitrogens with zero attached hydrogens (tertiary/aromatic N) is 1. The van der Waals surface area contributed by atoms with E-state index >= 15 is 0 Å². The Balaban J connectivity index is 2.20. The van der Waals surface area contributed by atoms with Crippen molar-refractivity contribution >= 4 is 28.7 Å². The van der Waals surface area contributed by atoms with Gasteiger partial charge in [-0.15, -0.1) is 0 Å². The minimum absolute atomic E-state index is 0.370. The highest BCUT2D eigenvalue weighted by molar-refractivity contribution is 6.30. The third-order valence-corrected chi connectivity index (χ3v) is 2.56. The summed E-state index contributed by atoms with van der Waals surface area (Å²) < 4.78 is 13.6. The number of hydrogen-bond donors (Lipinski definition) is 2. The SMILES string of the molecule is CCNc1cncc(Nc2ccc(Cl)cc2F)c1. The first-order chi connectivity index (χ1) is 8.69. The molecule has 0 fully saturated rings. The van der Waals surface area contributed by atoms with E-state index in [1.54, 1.807) is 24.5 Å². The standard InChI is InChI=1S/C13H13ClFN3/c1-2-17-10-6-11(8-16-7-10)18-13-4-3-9(14)5-12(13)15/h3-8,17-18H,2H2,1H3. The van der Waals surface area contributed by atoms with Crippen molar-refractivity contribution in [2.75, 3.05) is 17.2 Å². The summed E-state index contributed by atoms with van der Waals surface area (Å²) in [5.41, 5.74) is 1.97. The molecule has 0 spiro atoms. The molecule has 0 aliphatic rings. The van der Waals surface area contributed by atoms with Crippen molar-refractivity contribution in [3.63, 3.8) is 0 Å². The number of rotatable bonds is 4.